The lowest BCUT2D eigenvalue weighted by molar-refractivity contribution is 0.0894. The first kappa shape index (κ1) is 18.3. The van der Waals surface area contributed by atoms with Gasteiger partial charge in [-0.3, -0.25) is 18.8 Å². The molecule has 0 unspecified atom stereocenters. The molecule has 9 heteroatoms. The van der Waals surface area contributed by atoms with Gasteiger partial charge in [0.25, 0.3) is 17.4 Å². The zero-order valence-corrected chi connectivity index (χ0v) is 17.2. The smallest absolute Gasteiger partial charge is 0.266 e. The summed E-state index contributed by atoms with van der Waals surface area (Å²) in [7, 11) is 0. The number of hydrogen-bond acceptors (Lipinski definition) is 5. The van der Waals surface area contributed by atoms with E-state index in [1.54, 1.807) is 29.6 Å². The van der Waals surface area contributed by atoms with Crippen molar-refractivity contribution in [2.75, 3.05) is 4.90 Å². The number of nitrogens with zero attached hydrogens (tertiary/aromatic N) is 3. The standard InChI is InChI=1S/C24H9F2N3O3S/c25-14-8-16-17(9-15(14)26)28-21(27-16)10-3-4-12-20-13(6-5-11(19(10)20)22(28)30)24(32)29(23(12)31)18-2-1-7-33-18/h1-9H. The van der Waals surface area contributed by atoms with Gasteiger partial charge in [0.05, 0.1) is 11.0 Å². The lowest BCUT2D eigenvalue weighted by atomic mass is 9.90. The number of benzene rings is 3. The number of aromatic nitrogens is 2. The number of hydrogen-bond donors (Lipinski definition) is 0. The molecule has 6 aromatic rings. The molecule has 1 aliphatic heterocycles. The van der Waals surface area contributed by atoms with E-state index >= 15 is 0 Å². The highest BCUT2D eigenvalue weighted by atomic mass is 32.1. The van der Waals surface area contributed by atoms with E-state index in [1.807, 2.05) is 0 Å². The maximum atomic E-state index is 13.9. The number of amides is 2. The van der Waals surface area contributed by atoms with Gasteiger partial charge < -0.3 is 0 Å². The summed E-state index contributed by atoms with van der Waals surface area (Å²) in [5, 5.41) is 3.87. The molecule has 33 heavy (non-hydrogen) atoms. The Labute approximate surface area is 186 Å². The van der Waals surface area contributed by atoms with E-state index in [9.17, 15) is 23.2 Å². The molecule has 0 saturated heterocycles. The van der Waals surface area contributed by atoms with Crippen molar-refractivity contribution in [2.45, 2.75) is 0 Å². The number of carbonyl (C=O) groups is 2. The number of pyridine rings is 1. The molecule has 0 spiro atoms. The van der Waals surface area contributed by atoms with Crippen molar-refractivity contribution in [3.63, 3.8) is 0 Å². The predicted molar refractivity (Wildman–Crippen MR) is 121 cm³/mol. The monoisotopic (exact) mass is 457 g/mol. The lowest BCUT2D eigenvalue weighted by Gasteiger charge is -2.26. The fourth-order valence-corrected chi connectivity index (χ4v) is 5.45. The summed E-state index contributed by atoms with van der Waals surface area (Å²) in [5.74, 6) is -3.10. The predicted octanol–water partition coefficient (Wildman–Crippen LogP) is 4.73. The van der Waals surface area contributed by atoms with Gasteiger partial charge in [0, 0.05) is 44.8 Å². The third-order valence-corrected chi connectivity index (χ3v) is 6.98. The Morgan fingerprint density at radius 2 is 1.52 bits per heavy atom. The molecule has 0 bridgehead atoms. The number of fused-ring (bicyclic) bond motifs is 4. The summed E-state index contributed by atoms with van der Waals surface area (Å²) in [6.45, 7) is 0. The number of halogens is 2. The molecular formula is C24H9F2N3O3S. The summed E-state index contributed by atoms with van der Waals surface area (Å²) in [4.78, 5) is 45.6. The van der Waals surface area contributed by atoms with Gasteiger partial charge in [-0.25, -0.2) is 18.7 Å². The molecule has 0 aliphatic carbocycles. The van der Waals surface area contributed by atoms with E-state index in [-0.39, 0.29) is 22.1 Å². The van der Waals surface area contributed by atoms with Crippen LogP contribution in [0, 0.1) is 11.6 Å². The van der Waals surface area contributed by atoms with Crippen LogP contribution >= 0.6 is 11.3 Å². The Bertz CT molecular complexity index is 1890. The Hall–Kier alpha value is -4.24. The zero-order valence-electron chi connectivity index (χ0n) is 16.4. The van der Waals surface area contributed by atoms with Gasteiger partial charge in [-0.05, 0) is 41.8 Å². The fourth-order valence-electron chi connectivity index (χ4n) is 4.73. The van der Waals surface area contributed by atoms with Gasteiger partial charge in [0.15, 0.2) is 11.6 Å². The van der Waals surface area contributed by atoms with Gasteiger partial charge >= 0.3 is 0 Å². The normalized spacial score (nSPS) is 13.9. The minimum absolute atomic E-state index is 0.130. The van der Waals surface area contributed by atoms with Crippen molar-refractivity contribution in [1.29, 1.82) is 0 Å². The highest BCUT2D eigenvalue weighted by Crippen LogP contribution is 2.39. The van der Waals surface area contributed by atoms with E-state index in [0.29, 0.717) is 32.3 Å². The second-order valence-corrected chi connectivity index (χ2v) is 8.73. The van der Waals surface area contributed by atoms with Crippen molar-refractivity contribution in [2.24, 2.45) is 0 Å². The minimum atomic E-state index is -1.08. The number of rotatable bonds is 1. The minimum Gasteiger partial charge on any atom is -0.268 e. The second kappa shape index (κ2) is 5.96. The van der Waals surface area contributed by atoms with Crippen LogP contribution in [0.15, 0.2) is 58.7 Å². The van der Waals surface area contributed by atoms with Crippen LogP contribution < -0.4 is 10.5 Å². The average molecular weight is 457 g/mol. The van der Waals surface area contributed by atoms with E-state index < -0.39 is 29.0 Å². The molecule has 0 fully saturated rings. The first-order chi connectivity index (χ1) is 16.0. The van der Waals surface area contributed by atoms with E-state index in [1.165, 1.54) is 27.9 Å². The first-order valence-electron chi connectivity index (χ1n) is 9.90. The molecule has 0 N–H and O–H groups in total. The van der Waals surface area contributed by atoms with Crippen LogP contribution in [0.4, 0.5) is 13.8 Å². The Balaban J connectivity index is 1.65. The van der Waals surface area contributed by atoms with Crippen LogP contribution in [0.3, 0.4) is 0 Å². The van der Waals surface area contributed by atoms with Crippen molar-refractivity contribution in [1.82, 2.24) is 9.38 Å². The molecular weight excluding hydrogens is 448 g/mol. The Morgan fingerprint density at radius 3 is 2.21 bits per heavy atom. The number of thiophene rings is 1. The quantitative estimate of drug-likeness (QED) is 0.335. The topological polar surface area (TPSA) is 71.7 Å². The molecule has 158 valence electrons. The maximum absolute atomic E-state index is 13.9. The van der Waals surface area contributed by atoms with Crippen LogP contribution in [0.1, 0.15) is 20.7 Å². The van der Waals surface area contributed by atoms with Crippen molar-refractivity contribution >= 4 is 66.4 Å². The van der Waals surface area contributed by atoms with Crippen molar-refractivity contribution < 1.29 is 18.4 Å². The Kier molecular flexibility index (Phi) is 3.31. The maximum Gasteiger partial charge on any atom is 0.266 e. The SMILES string of the molecule is O=C1c2ccc3c(=O)n4c5cc(F)c(F)cc5nc4c4ccc(c2c34)C(=O)N1c1cccs1. The molecule has 3 aromatic carbocycles. The highest BCUT2D eigenvalue weighted by Gasteiger charge is 2.36. The first-order valence-corrected chi connectivity index (χ1v) is 10.8. The number of imide groups is 1. The number of carbonyl (C=O) groups excluding carboxylic acids is 2. The van der Waals surface area contributed by atoms with E-state index in [2.05, 4.69) is 4.98 Å². The molecule has 0 atom stereocenters. The van der Waals surface area contributed by atoms with Gasteiger partial charge in [0.1, 0.15) is 10.6 Å². The number of imidazole rings is 1. The highest BCUT2D eigenvalue weighted by molar-refractivity contribution is 7.14. The summed E-state index contributed by atoms with van der Waals surface area (Å²) in [6.07, 6.45) is 0. The summed E-state index contributed by atoms with van der Waals surface area (Å²) in [5.41, 5.74) is 0.586. The Morgan fingerprint density at radius 1 is 0.818 bits per heavy atom. The van der Waals surface area contributed by atoms with Crippen LogP contribution in [0.5, 0.6) is 0 Å². The van der Waals surface area contributed by atoms with Gasteiger partial charge in [0.2, 0.25) is 0 Å². The third-order valence-electron chi connectivity index (χ3n) is 6.13. The van der Waals surface area contributed by atoms with Crippen LogP contribution in [-0.2, 0) is 0 Å². The molecule has 6 nitrogen and oxygen atoms in total. The average Bonchev–Trinajstić information content (AvgIpc) is 3.45. The molecule has 0 saturated carbocycles. The van der Waals surface area contributed by atoms with Gasteiger partial charge in [-0.1, -0.05) is 0 Å². The second-order valence-electron chi connectivity index (χ2n) is 7.80. The van der Waals surface area contributed by atoms with Crippen molar-refractivity contribution in [3.05, 3.63) is 87.0 Å². The van der Waals surface area contributed by atoms with Crippen LogP contribution in [-0.4, -0.2) is 21.2 Å². The third kappa shape index (κ3) is 2.14. The summed E-state index contributed by atoms with van der Waals surface area (Å²) >= 11 is 1.27. The van der Waals surface area contributed by atoms with Crippen LogP contribution in [0.2, 0.25) is 0 Å². The number of anilines is 1. The lowest BCUT2D eigenvalue weighted by Crippen LogP contribution is -2.40. The molecule has 0 radical (unpaired) electrons. The van der Waals surface area contributed by atoms with Gasteiger partial charge in [-0.15, -0.1) is 11.3 Å². The van der Waals surface area contributed by atoms with Crippen LogP contribution in [0.25, 0.3) is 38.2 Å². The zero-order chi connectivity index (χ0) is 22.6. The van der Waals surface area contributed by atoms with E-state index in [4.69, 9.17) is 0 Å². The molecule has 7 rings (SSSR count). The molecule has 3 aromatic heterocycles. The largest absolute Gasteiger partial charge is 0.268 e. The van der Waals surface area contributed by atoms with Crippen molar-refractivity contribution in [3.8, 4) is 0 Å². The van der Waals surface area contributed by atoms with E-state index in [0.717, 1.165) is 17.0 Å². The molecule has 4 heterocycles. The summed E-state index contributed by atoms with van der Waals surface area (Å²) < 4.78 is 29.0. The molecule has 2 amide bonds. The fraction of sp³-hybridized carbons (Fsp3) is 0. The molecule has 1 aliphatic rings. The van der Waals surface area contributed by atoms with Gasteiger partial charge in [-0.2, -0.15) is 0 Å². The summed E-state index contributed by atoms with van der Waals surface area (Å²) in [6, 6.07) is 11.6.